The van der Waals surface area contributed by atoms with Gasteiger partial charge in [0.1, 0.15) is 0 Å². The van der Waals surface area contributed by atoms with E-state index in [0.29, 0.717) is 0 Å². The Hall–Kier alpha value is -1.78. The third-order valence-electron chi connectivity index (χ3n) is 1.14. The number of anilines is 1. The third-order valence-corrected chi connectivity index (χ3v) is 1.14. The number of nitrogens with two attached hydrogens (primary N) is 1. The van der Waals surface area contributed by atoms with Crippen molar-refractivity contribution in [2.75, 3.05) is 5.73 Å². The molecule has 0 saturated heterocycles. The van der Waals surface area contributed by atoms with E-state index in [2.05, 4.69) is 4.98 Å². The topological polar surface area (TPSA) is 96.4 Å². The molecule has 0 unspecified atom stereocenters. The molecule has 0 saturated carbocycles. The quantitative estimate of drug-likeness (QED) is 0.531. The van der Waals surface area contributed by atoms with Crippen LogP contribution in [-0.4, -0.2) is 21.2 Å². The fourth-order valence-electron chi connectivity index (χ4n) is 0.581. The number of hydrogen-bond donors (Lipinski definition) is 3. The first kappa shape index (κ1) is 7.33. The molecule has 0 aliphatic heterocycles. The van der Waals surface area contributed by atoms with Gasteiger partial charge in [-0.05, 0) is 6.07 Å². The molecule has 4 N–H and O–H groups in total. The van der Waals surface area contributed by atoms with Gasteiger partial charge in [-0.1, -0.05) is 0 Å². The standard InChI is InChI=1S/C6H6N2O3/c7-5-4(9)1-3(2-8-5)6(10)11/h1-2,9H,(H2,7,8)(H,10,11). The molecule has 1 aromatic heterocycles. The van der Waals surface area contributed by atoms with Crippen LogP contribution in [0.5, 0.6) is 5.75 Å². The predicted octanol–water partition coefficient (Wildman–Crippen LogP) is 0.0676. The number of nitrogens with zero attached hydrogens (tertiary/aromatic N) is 1. The highest BCUT2D eigenvalue weighted by molar-refractivity contribution is 5.88. The fourth-order valence-corrected chi connectivity index (χ4v) is 0.581. The number of pyridine rings is 1. The summed E-state index contributed by atoms with van der Waals surface area (Å²) in [5, 5.41) is 17.3. The number of nitrogen functional groups attached to an aromatic ring is 1. The molecule has 1 heterocycles. The van der Waals surface area contributed by atoms with E-state index in [1.54, 1.807) is 0 Å². The normalized spacial score (nSPS) is 9.45. The number of carboxylic acids is 1. The minimum atomic E-state index is -1.15. The molecule has 11 heavy (non-hydrogen) atoms. The van der Waals surface area contributed by atoms with Crippen LogP contribution in [-0.2, 0) is 0 Å². The number of aromatic nitrogens is 1. The van der Waals surface area contributed by atoms with Gasteiger partial charge < -0.3 is 15.9 Å². The van der Waals surface area contributed by atoms with Gasteiger partial charge >= 0.3 is 5.97 Å². The van der Waals surface area contributed by atoms with Crippen molar-refractivity contribution in [3.63, 3.8) is 0 Å². The summed E-state index contributed by atoms with van der Waals surface area (Å²) in [5.41, 5.74) is 5.05. The van der Waals surface area contributed by atoms with E-state index in [9.17, 15) is 4.79 Å². The summed E-state index contributed by atoms with van der Waals surface area (Å²) in [5.74, 6) is -1.53. The van der Waals surface area contributed by atoms with Gasteiger partial charge in [-0.2, -0.15) is 0 Å². The lowest BCUT2D eigenvalue weighted by molar-refractivity contribution is 0.0696. The van der Waals surface area contributed by atoms with Crippen molar-refractivity contribution in [1.29, 1.82) is 0 Å². The highest BCUT2D eigenvalue weighted by Gasteiger charge is 2.05. The van der Waals surface area contributed by atoms with Gasteiger partial charge in [-0.15, -0.1) is 0 Å². The average Bonchev–Trinajstić information content (AvgIpc) is 1.94. The Bertz CT molecular complexity index is 298. The number of hydrogen-bond acceptors (Lipinski definition) is 4. The molecule has 0 atom stereocenters. The molecule has 0 aliphatic carbocycles. The highest BCUT2D eigenvalue weighted by atomic mass is 16.4. The lowest BCUT2D eigenvalue weighted by atomic mass is 10.3. The van der Waals surface area contributed by atoms with Crippen LogP contribution in [0.3, 0.4) is 0 Å². The van der Waals surface area contributed by atoms with Crippen LogP contribution in [0.2, 0.25) is 0 Å². The molecule has 0 aliphatic rings. The Morgan fingerprint density at radius 1 is 1.64 bits per heavy atom. The summed E-state index contributed by atoms with van der Waals surface area (Å²) in [6.07, 6.45) is 1.08. The lowest BCUT2D eigenvalue weighted by Gasteiger charge is -1.97. The average molecular weight is 154 g/mol. The van der Waals surface area contributed by atoms with Crippen LogP contribution in [0.25, 0.3) is 0 Å². The molecule has 0 bridgehead atoms. The fraction of sp³-hybridized carbons (Fsp3) is 0. The van der Waals surface area contributed by atoms with Gasteiger partial charge in [0.25, 0.3) is 0 Å². The summed E-state index contributed by atoms with van der Waals surface area (Å²) < 4.78 is 0. The summed E-state index contributed by atoms with van der Waals surface area (Å²) in [6, 6.07) is 1.05. The summed E-state index contributed by atoms with van der Waals surface area (Å²) in [7, 11) is 0. The van der Waals surface area contributed by atoms with Crippen molar-refractivity contribution in [3.05, 3.63) is 17.8 Å². The van der Waals surface area contributed by atoms with Gasteiger partial charge in [0, 0.05) is 6.20 Å². The predicted molar refractivity (Wildman–Crippen MR) is 37.3 cm³/mol. The summed E-state index contributed by atoms with van der Waals surface area (Å²) >= 11 is 0. The first-order chi connectivity index (χ1) is 5.11. The van der Waals surface area contributed by atoms with Crippen LogP contribution in [0.1, 0.15) is 10.4 Å². The van der Waals surface area contributed by atoms with Crippen molar-refractivity contribution in [2.24, 2.45) is 0 Å². The maximum atomic E-state index is 10.3. The number of aromatic carboxylic acids is 1. The summed E-state index contributed by atoms with van der Waals surface area (Å²) in [6.45, 7) is 0. The minimum absolute atomic E-state index is 0.0741. The smallest absolute Gasteiger partial charge is 0.337 e. The minimum Gasteiger partial charge on any atom is -0.504 e. The second kappa shape index (κ2) is 2.45. The maximum Gasteiger partial charge on any atom is 0.337 e. The Morgan fingerprint density at radius 2 is 2.27 bits per heavy atom. The Labute approximate surface area is 62.1 Å². The van der Waals surface area contributed by atoms with Crippen molar-refractivity contribution >= 4 is 11.8 Å². The van der Waals surface area contributed by atoms with E-state index in [1.165, 1.54) is 0 Å². The summed E-state index contributed by atoms with van der Waals surface area (Å²) in [4.78, 5) is 13.7. The van der Waals surface area contributed by atoms with E-state index in [0.717, 1.165) is 12.3 Å². The van der Waals surface area contributed by atoms with Gasteiger partial charge in [0.15, 0.2) is 11.6 Å². The largest absolute Gasteiger partial charge is 0.504 e. The maximum absolute atomic E-state index is 10.3. The van der Waals surface area contributed by atoms with Gasteiger partial charge in [0.2, 0.25) is 0 Å². The first-order valence-electron chi connectivity index (χ1n) is 2.79. The number of rotatable bonds is 1. The molecule has 0 amide bonds. The molecule has 1 aromatic rings. The second-order valence-corrected chi connectivity index (χ2v) is 1.93. The molecule has 0 fully saturated rings. The Kier molecular flexibility index (Phi) is 1.63. The van der Waals surface area contributed by atoms with E-state index in [4.69, 9.17) is 15.9 Å². The van der Waals surface area contributed by atoms with Crippen LogP contribution < -0.4 is 5.73 Å². The Balaban J connectivity index is 3.15. The second-order valence-electron chi connectivity index (χ2n) is 1.93. The molecule has 5 heteroatoms. The molecule has 1 rings (SSSR count). The monoisotopic (exact) mass is 154 g/mol. The molecule has 0 radical (unpaired) electrons. The van der Waals surface area contributed by atoms with E-state index >= 15 is 0 Å². The van der Waals surface area contributed by atoms with Gasteiger partial charge in [-0.3, -0.25) is 0 Å². The first-order valence-corrected chi connectivity index (χ1v) is 2.79. The zero-order chi connectivity index (χ0) is 8.43. The van der Waals surface area contributed by atoms with Crippen molar-refractivity contribution < 1.29 is 15.0 Å². The Morgan fingerprint density at radius 3 is 2.73 bits per heavy atom. The lowest BCUT2D eigenvalue weighted by Crippen LogP contribution is -1.99. The van der Waals surface area contributed by atoms with Crippen LogP contribution >= 0.6 is 0 Å². The van der Waals surface area contributed by atoms with Crippen molar-refractivity contribution in [3.8, 4) is 5.75 Å². The third kappa shape index (κ3) is 1.37. The molecule has 0 aromatic carbocycles. The van der Waals surface area contributed by atoms with Gasteiger partial charge in [-0.25, -0.2) is 9.78 Å². The molecule has 5 nitrogen and oxygen atoms in total. The zero-order valence-corrected chi connectivity index (χ0v) is 5.48. The zero-order valence-electron chi connectivity index (χ0n) is 5.48. The SMILES string of the molecule is Nc1ncc(C(=O)O)cc1O. The van der Waals surface area contributed by atoms with Crippen LogP contribution in [0, 0.1) is 0 Å². The van der Waals surface area contributed by atoms with E-state index < -0.39 is 5.97 Å². The highest BCUT2D eigenvalue weighted by Crippen LogP contribution is 2.16. The molecular weight excluding hydrogens is 148 g/mol. The molecule has 0 spiro atoms. The van der Waals surface area contributed by atoms with Crippen LogP contribution in [0.4, 0.5) is 5.82 Å². The number of carboxylic acid groups (broad SMARTS) is 1. The molecular formula is C6H6N2O3. The van der Waals surface area contributed by atoms with E-state index in [-0.39, 0.29) is 17.1 Å². The molecule has 58 valence electrons. The van der Waals surface area contributed by atoms with E-state index in [1.807, 2.05) is 0 Å². The van der Waals surface area contributed by atoms with Crippen molar-refractivity contribution in [2.45, 2.75) is 0 Å². The van der Waals surface area contributed by atoms with Gasteiger partial charge in [0.05, 0.1) is 5.56 Å². The van der Waals surface area contributed by atoms with Crippen molar-refractivity contribution in [1.82, 2.24) is 4.98 Å². The number of carbonyl (C=O) groups is 1. The van der Waals surface area contributed by atoms with Crippen LogP contribution in [0.15, 0.2) is 12.3 Å². The number of aromatic hydroxyl groups is 1.